The van der Waals surface area contributed by atoms with E-state index in [9.17, 15) is 0 Å². The predicted molar refractivity (Wildman–Crippen MR) is 116 cm³/mol. The lowest BCUT2D eigenvalue weighted by Crippen LogP contribution is -2.32. The fraction of sp³-hybridized carbons (Fsp3) is 1.00. The van der Waals surface area contributed by atoms with Gasteiger partial charge >= 0.3 is 0 Å². The highest BCUT2D eigenvalue weighted by molar-refractivity contribution is 4.64. The maximum Gasteiger partial charge on any atom is 0.00385 e. The van der Waals surface area contributed by atoms with Gasteiger partial charge < -0.3 is 15.5 Å². The molecule has 0 saturated carbocycles. The topological polar surface area (TPSA) is 27.3 Å². The number of unbranched alkanes of at least 4 members (excludes halogenated alkanes) is 6. The lowest BCUT2D eigenvalue weighted by atomic mass is 10.1. The van der Waals surface area contributed by atoms with Crippen LogP contribution < -0.4 is 10.6 Å². The van der Waals surface area contributed by atoms with Crippen molar-refractivity contribution in [2.24, 2.45) is 0 Å². The Hall–Kier alpha value is -0.120. The summed E-state index contributed by atoms with van der Waals surface area (Å²) in [5, 5.41) is 6.72. The van der Waals surface area contributed by atoms with Crippen LogP contribution in [0.15, 0.2) is 0 Å². The van der Waals surface area contributed by atoms with Gasteiger partial charge in [0.25, 0.3) is 0 Å². The summed E-state index contributed by atoms with van der Waals surface area (Å²) in [4.78, 5) is 2.67. The Kier molecular flexibility index (Phi) is 22.8. The third-order valence-electron chi connectivity index (χ3n) is 4.28. The van der Waals surface area contributed by atoms with Crippen molar-refractivity contribution in [2.75, 3.05) is 33.2 Å². The molecule has 0 saturated heterocycles. The van der Waals surface area contributed by atoms with Gasteiger partial charge in [-0.3, -0.25) is 0 Å². The molecule has 0 heterocycles. The average molecular weight is 348 g/mol. The van der Waals surface area contributed by atoms with Crippen molar-refractivity contribution in [3.05, 3.63) is 0 Å². The first-order valence-corrected chi connectivity index (χ1v) is 10.7. The molecule has 0 unspecified atom stereocenters. The summed E-state index contributed by atoms with van der Waals surface area (Å²) in [5.41, 5.74) is 0. The zero-order valence-corrected chi connectivity index (χ0v) is 18.1. The molecule has 0 aromatic carbocycles. The zero-order chi connectivity index (χ0) is 18.6. The van der Waals surface area contributed by atoms with E-state index in [1.54, 1.807) is 0 Å². The Balaban J connectivity index is -0.000000582. The SMILES string of the molecule is CC.CNCCCCCCN(CCCCCCNC(C)C)C(C)C.[HH].[HH]. The molecule has 0 radical (unpaired) electrons. The van der Waals surface area contributed by atoms with E-state index >= 15 is 0 Å². The summed E-state index contributed by atoms with van der Waals surface area (Å²) in [5.74, 6) is 0. The fourth-order valence-corrected chi connectivity index (χ4v) is 2.78. The van der Waals surface area contributed by atoms with Crippen LogP contribution in [-0.4, -0.2) is 50.2 Å². The highest BCUT2D eigenvalue weighted by atomic mass is 15.1. The Morgan fingerprint density at radius 1 is 0.708 bits per heavy atom. The van der Waals surface area contributed by atoms with Crippen molar-refractivity contribution in [1.29, 1.82) is 0 Å². The van der Waals surface area contributed by atoms with Crippen molar-refractivity contribution in [1.82, 2.24) is 15.5 Å². The standard InChI is InChI=1S/C19H43N3.C2H6.2H2/c1-18(2)21-15-11-7-9-13-17-22(19(3)4)16-12-8-6-10-14-20-5;1-2;;/h18-21H,6-17H2,1-5H3;1-2H3;2*1H. The minimum absolute atomic E-state index is 0. The van der Waals surface area contributed by atoms with Crippen molar-refractivity contribution >= 4 is 0 Å². The molecule has 152 valence electrons. The van der Waals surface area contributed by atoms with Gasteiger partial charge in [-0.2, -0.15) is 0 Å². The first-order chi connectivity index (χ1) is 11.6. The third-order valence-corrected chi connectivity index (χ3v) is 4.28. The summed E-state index contributed by atoms with van der Waals surface area (Å²) in [7, 11) is 2.04. The summed E-state index contributed by atoms with van der Waals surface area (Å²) in [6, 6.07) is 1.32. The van der Waals surface area contributed by atoms with E-state index < -0.39 is 0 Å². The largest absolute Gasteiger partial charge is 0.320 e. The van der Waals surface area contributed by atoms with Gasteiger partial charge in [0.15, 0.2) is 0 Å². The molecule has 0 aromatic heterocycles. The maximum atomic E-state index is 3.50. The van der Waals surface area contributed by atoms with E-state index in [0.717, 1.165) is 0 Å². The van der Waals surface area contributed by atoms with Gasteiger partial charge in [-0.15, -0.1) is 0 Å². The van der Waals surface area contributed by atoms with Crippen LogP contribution in [0, 0.1) is 0 Å². The molecule has 0 amide bonds. The van der Waals surface area contributed by atoms with Crippen molar-refractivity contribution in [2.45, 2.75) is 105 Å². The molecule has 3 heteroatoms. The van der Waals surface area contributed by atoms with Crippen LogP contribution in [0.1, 0.15) is 95.8 Å². The van der Waals surface area contributed by atoms with Gasteiger partial charge in [-0.25, -0.2) is 0 Å². The van der Waals surface area contributed by atoms with E-state index in [1.807, 2.05) is 20.9 Å². The number of rotatable bonds is 16. The van der Waals surface area contributed by atoms with Crippen molar-refractivity contribution in [3.63, 3.8) is 0 Å². The average Bonchev–Trinajstić information content (AvgIpc) is 2.56. The monoisotopic (exact) mass is 347 g/mol. The van der Waals surface area contributed by atoms with Crippen LogP contribution >= 0.6 is 0 Å². The van der Waals surface area contributed by atoms with Crippen LogP contribution in [0.25, 0.3) is 0 Å². The van der Waals surface area contributed by atoms with E-state index in [1.165, 1.54) is 77.5 Å². The molecule has 0 aliphatic rings. The number of nitrogens with one attached hydrogen (secondary N) is 2. The molecule has 0 atom stereocenters. The van der Waals surface area contributed by atoms with Crippen LogP contribution in [0.4, 0.5) is 0 Å². The Labute approximate surface area is 157 Å². The van der Waals surface area contributed by atoms with E-state index in [0.29, 0.717) is 12.1 Å². The lowest BCUT2D eigenvalue weighted by molar-refractivity contribution is 0.212. The molecular weight excluding hydrogens is 294 g/mol. The van der Waals surface area contributed by atoms with Crippen molar-refractivity contribution in [3.8, 4) is 0 Å². The van der Waals surface area contributed by atoms with Crippen LogP contribution in [0.5, 0.6) is 0 Å². The summed E-state index contributed by atoms with van der Waals surface area (Å²) >= 11 is 0. The van der Waals surface area contributed by atoms with Gasteiger partial charge in [-0.05, 0) is 72.8 Å². The molecule has 3 nitrogen and oxygen atoms in total. The minimum atomic E-state index is 0. The molecular formula is C21H53N3. The summed E-state index contributed by atoms with van der Waals surface area (Å²) in [6.07, 6.45) is 10.9. The Morgan fingerprint density at radius 2 is 1.17 bits per heavy atom. The van der Waals surface area contributed by atoms with Crippen LogP contribution in [0.3, 0.4) is 0 Å². The second-order valence-electron chi connectivity index (χ2n) is 7.17. The molecule has 0 aromatic rings. The third kappa shape index (κ3) is 19.9. The highest BCUT2D eigenvalue weighted by Gasteiger charge is 2.08. The number of hydrogen-bond donors (Lipinski definition) is 2. The molecule has 2 N–H and O–H groups in total. The molecule has 0 bridgehead atoms. The van der Waals surface area contributed by atoms with Gasteiger partial charge in [0.05, 0.1) is 0 Å². The molecule has 0 aliphatic carbocycles. The quantitative estimate of drug-likeness (QED) is 0.358. The summed E-state index contributed by atoms with van der Waals surface area (Å²) in [6.45, 7) is 18.0. The molecule has 24 heavy (non-hydrogen) atoms. The smallest absolute Gasteiger partial charge is 0.00385 e. The molecule has 0 rings (SSSR count). The molecule has 0 aliphatic heterocycles. The molecule has 0 fully saturated rings. The van der Waals surface area contributed by atoms with Gasteiger partial charge in [0, 0.05) is 14.9 Å². The van der Waals surface area contributed by atoms with Gasteiger partial charge in [0.1, 0.15) is 0 Å². The summed E-state index contributed by atoms with van der Waals surface area (Å²) < 4.78 is 0. The minimum Gasteiger partial charge on any atom is -0.320 e. The second kappa shape index (κ2) is 20.9. The molecule has 0 spiro atoms. The number of hydrogen-bond acceptors (Lipinski definition) is 3. The Bertz CT molecular complexity index is 227. The zero-order valence-electron chi connectivity index (χ0n) is 18.1. The lowest BCUT2D eigenvalue weighted by Gasteiger charge is -2.26. The first kappa shape index (κ1) is 26.1. The van der Waals surface area contributed by atoms with Crippen LogP contribution in [-0.2, 0) is 0 Å². The van der Waals surface area contributed by atoms with E-state index in [-0.39, 0.29) is 2.85 Å². The van der Waals surface area contributed by atoms with Gasteiger partial charge in [-0.1, -0.05) is 53.4 Å². The van der Waals surface area contributed by atoms with Crippen LogP contribution in [0.2, 0.25) is 0 Å². The normalized spacial score (nSPS) is 11.2. The Morgan fingerprint density at radius 3 is 1.58 bits per heavy atom. The predicted octanol–water partition coefficient (Wildman–Crippen LogP) is 5.55. The first-order valence-electron chi connectivity index (χ1n) is 10.7. The van der Waals surface area contributed by atoms with Gasteiger partial charge in [0.2, 0.25) is 0 Å². The maximum absolute atomic E-state index is 3.50. The van der Waals surface area contributed by atoms with E-state index in [2.05, 4.69) is 43.2 Å². The van der Waals surface area contributed by atoms with Crippen molar-refractivity contribution < 1.29 is 2.85 Å². The number of nitrogens with zero attached hydrogens (tertiary/aromatic N) is 1. The second-order valence-corrected chi connectivity index (χ2v) is 7.17. The van der Waals surface area contributed by atoms with E-state index in [4.69, 9.17) is 0 Å². The highest BCUT2D eigenvalue weighted by Crippen LogP contribution is 2.08. The fourth-order valence-electron chi connectivity index (χ4n) is 2.78.